The van der Waals surface area contributed by atoms with E-state index in [4.69, 9.17) is 4.98 Å². The van der Waals surface area contributed by atoms with Gasteiger partial charge in [0.15, 0.2) is 6.20 Å². The molecule has 0 saturated carbocycles. The van der Waals surface area contributed by atoms with E-state index in [-0.39, 0.29) is 0 Å². The largest absolute Gasteiger partial charge is 0.252 e. The summed E-state index contributed by atoms with van der Waals surface area (Å²) < 4.78 is 2.22. The van der Waals surface area contributed by atoms with Crippen molar-refractivity contribution in [3.8, 4) is 11.3 Å². The number of hydrogen-bond donors (Lipinski definition) is 0. The Morgan fingerprint density at radius 1 is 0.760 bits per heavy atom. The molecule has 2 aromatic carbocycles. The molecule has 124 valence electrons. The maximum atomic E-state index is 4.85. The summed E-state index contributed by atoms with van der Waals surface area (Å²) in [5.74, 6) is 0. The smallest absolute Gasteiger partial charge is 0.212 e. The zero-order valence-electron chi connectivity index (χ0n) is 15.5. The molecule has 0 radical (unpaired) electrons. The van der Waals surface area contributed by atoms with Crippen molar-refractivity contribution in [3.63, 3.8) is 0 Å². The molecule has 2 nitrogen and oxygen atoms in total. The molecule has 0 unspecified atom stereocenters. The summed E-state index contributed by atoms with van der Waals surface area (Å²) in [7, 11) is 2.12. The first-order valence-electron chi connectivity index (χ1n) is 8.72. The van der Waals surface area contributed by atoms with Gasteiger partial charge in [0.1, 0.15) is 7.05 Å². The van der Waals surface area contributed by atoms with Crippen LogP contribution in [-0.4, -0.2) is 4.98 Å². The Morgan fingerprint density at radius 2 is 1.48 bits per heavy atom. The van der Waals surface area contributed by atoms with Gasteiger partial charge >= 0.3 is 0 Å². The fourth-order valence-corrected chi connectivity index (χ4v) is 3.70. The number of benzene rings is 2. The highest BCUT2D eigenvalue weighted by atomic mass is 14.9. The molecule has 0 spiro atoms. The zero-order valence-corrected chi connectivity index (χ0v) is 15.5. The SMILES string of the molecule is Cc1cc(-c2cc3c(cc2C)nc(C)c2ccccc23)[n+](C)cc1C. The Morgan fingerprint density at radius 3 is 2.24 bits per heavy atom. The van der Waals surface area contributed by atoms with Crippen molar-refractivity contribution in [2.45, 2.75) is 27.7 Å². The van der Waals surface area contributed by atoms with Gasteiger partial charge in [0.25, 0.3) is 0 Å². The first-order chi connectivity index (χ1) is 12.0. The van der Waals surface area contributed by atoms with Crippen LogP contribution in [0.5, 0.6) is 0 Å². The Kier molecular flexibility index (Phi) is 3.57. The van der Waals surface area contributed by atoms with Crippen molar-refractivity contribution >= 4 is 21.7 Å². The summed E-state index contributed by atoms with van der Waals surface area (Å²) in [6.07, 6.45) is 2.21. The molecule has 25 heavy (non-hydrogen) atoms. The lowest BCUT2D eigenvalue weighted by Crippen LogP contribution is -2.31. The molecule has 0 aliphatic heterocycles. The van der Waals surface area contributed by atoms with Crippen LogP contribution in [0.3, 0.4) is 0 Å². The van der Waals surface area contributed by atoms with Gasteiger partial charge < -0.3 is 0 Å². The van der Waals surface area contributed by atoms with Crippen molar-refractivity contribution in [3.05, 3.63) is 71.0 Å². The third-order valence-corrected chi connectivity index (χ3v) is 5.26. The molecular formula is C23H23N2+. The number of rotatable bonds is 1. The monoisotopic (exact) mass is 327 g/mol. The quantitative estimate of drug-likeness (QED) is 0.350. The number of fused-ring (bicyclic) bond motifs is 3. The molecule has 0 saturated heterocycles. The van der Waals surface area contributed by atoms with Crippen LogP contribution in [0.15, 0.2) is 48.7 Å². The van der Waals surface area contributed by atoms with E-state index in [9.17, 15) is 0 Å². The van der Waals surface area contributed by atoms with Crippen LogP contribution in [0.1, 0.15) is 22.4 Å². The second-order valence-corrected chi connectivity index (χ2v) is 7.06. The van der Waals surface area contributed by atoms with Crippen LogP contribution in [0.25, 0.3) is 32.9 Å². The molecule has 4 aromatic rings. The van der Waals surface area contributed by atoms with Crippen LogP contribution in [0, 0.1) is 27.7 Å². The lowest BCUT2D eigenvalue weighted by molar-refractivity contribution is -0.660. The van der Waals surface area contributed by atoms with Crippen LogP contribution in [0.4, 0.5) is 0 Å². The Bertz CT molecular complexity index is 1140. The second kappa shape index (κ2) is 5.66. The van der Waals surface area contributed by atoms with Gasteiger partial charge in [0, 0.05) is 33.7 Å². The topological polar surface area (TPSA) is 16.8 Å². The van der Waals surface area contributed by atoms with E-state index >= 15 is 0 Å². The van der Waals surface area contributed by atoms with Gasteiger partial charge in [-0.2, -0.15) is 0 Å². The average molecular weight is 327 g/mol. The van der Waals surface area contributed by atoms with Crippen molar-refractivity contribution in [1.29, 1.82) is 0 Å². The average Bonchev–Trinajstić information content (AvgIpc) is 2.58. The first-order valence-corrected chi connectivity index (χ1v) is 8.72. The normalized spacial score (nSPS) is 11.4. The lowest BCUT2D eigenvalue weighted by atomic mass is 9.96. The highest BCUT2D eigenvalue weighted by Gasteiger charge is 2.16. The third-order valence-electron chi connectivity index (χ3n) is 5.26. The van der Waals surface area contributed by atoms with E-state index in [0.717, 1.165) is 11.2 Å². The van der Waals surface area contributed by atoms with E-state index in [1.807, 2.05) is 0 Å². The van der Waals surface area contributed by atoms with E-state index in [0.29, 0.717) is 0 Å². The van der Waals surface area contributed by atoms with E-state index in [1.165, 1.54) is 44.1 Å². The number of nitrogens with zero attached hydrogens (tertiary/aromatic N) is 2. The predicted molar refractivity (Wildman–Crippen MR) is 105 cm³/mol. The first kappa shape index (κ1) is 15.8. The Balaban J connectivity index is 2.10. The van der Waals surface area contributed by atoms with Gasteiger partial charge in [-0.3, -0.25) is 4.98 Å². The van der Waals surface area contributed by atoms with Crippen molar-refractivity contribution in [2.24, 2.45) is 7.05 Å². The standard InChI is InChI=1S/C23H23N2/c1-14-11-23(25(5)13-16(14)3)20-12-21-19-9-7-6-8-18(19)17(4)24-22(21)10-15(20)2/h6-13H,1-5H3/q+1. The summed E-state index contributed by atoms with van der Waals surface area (Å²) in [4.78, 5) is 4.85. The highest BCUT2D eigenvalue weighted by Crippen LogP contribution is 2.32. The highest BCUT2D eigenvalue weighted by molar-refractivity contribution is 6.08. The third kappa shape index (κ3) is 2.49. The van der Waals surface area contributed by atoms with Gasteiger partial charge in [0.2, 0.25) is 5.69 Å². The summed E-state index contributed by atoms with van der Waals surface area (Å²) in [6, 6.07) is 15.4. The minimum atomic E-state index is 1.07. The van der Waals surface area contributed by atoms with E-state index in [2.05, 4.69) is 88.0 Å². The van der Waals surface area contributed by atoms with Gasteiger partial charge in [0.05, 0.1) is 5.52 Å². The lowest BCUT2D eigenvalue weighted by Gasteiger charge is -2.11. The Hall–Kier alpha value is -2.74. The van der Waals surface area contributed by atoms with Crippen molar-refractivity contribution in [2.75, 3.05) is 0 Å². The molecule has 0 atom stereocenters. The molecule has 0 N–H and O–H groups in total. The molecule has 2 aromatic heterocycles. The minimum absolute atomic E-state index is 1.07. The van der Waals surface area contributed by atoms with Gasteiger partial charge in [-0.1, -0.05) is 24.3 Å². The summed E-state index contributed by atoms with van der Waals surface area (Å²) >= 11 is 0. The molecule has 0 bridgehead atoms. The van der Waals surface area contributed by atoms with E-state index < -0.39 is 0 Å². The minimum Gasteiger partial charge on any atom is -0.252 e. The van der Waals surface area contributed by atoms with Crippen molar-refractivity contribution in [1.82, 2.24) is 4.98 Å². The molecule has 2 heterocycles. The van der Waals surface area contributed by atoms with Crippen LogP contribution in [0.2, 0.25) is 0 Å². The maximum Gasteiger partial charge on any atom is 0.212 e. The fourth-order valence-electron chi connectivity index (χ4n) is 3.70. The van der Waals surface area contributed by atoms with Crippen LogP contribution in [-0.2, 0) is 7.05 Å². The van der Waals surface area contributed by atoms with Crippen LogP contribution >= 0.6 is 0 Å². The summed E-state index contributed by atoms with van der Waals surface area (Å²) in [6.45, 7) is 8.60. The maximum absolute atomic E-state index is 4.85. The molecule has 0 amide bonds. The summed E-state index contributed by atoms with van der Waals surface area (Å²) in [5.41, 5.74) is 8.57. The second-order valence-electron chi connectivity index (χ2n) is 7.06. The molecule has 0 fully saturated rings. The van der Waals surface area contributed by atoms with E-state index in [1.54, 1.807) is 0 Å². The molecule has 4 rings (SSSR count). The molecule has 2 heteroatoms. The number of aromatic nitrogens is 2. The van der Waals surface area contributed by atoms with Gasteiger partial charge in [-0.05, 0) is 56.3 Å². The van der Waals surface area contributed by atoms with Gasteiger partial charge in [-0.25, -0.2) is 4.57 Å². The van der Waals surface area contributed by atoms with Crippen LogP contribution < -0.4 is 4.57 Å². The number of aryl methyl sites for hydroxylation is 5. The molecule has 0 aliphatic rings. The molecule has 0 aliphatic carbocycles. The Labute approximate surface area is 148 Å². The zero-order chi connectivity index (χ0) is 17.7. The predicted octanol–water partition coefficient (Wildman–Crippen LogP) is 5.11. The number of pyridine rings is 2. The fraction of sp³-hybridized carbons (Fsp3) is 0.217. The van der Waals surface area contributed by atoms with Crippen molar-refractivity contribution < 1.29 is 4.57 Å². The number of hydrogen-bond acceptors (Lipinski definition) is 1. The summed E-state index contributed by atoms with van der Waals surface area (Å²) in [5, 5.41) is 3.73. The molecular weight excluding hydrogens is 304 g/mol. The van der Waals surface area contributed by atoms with Gasteiger partial charge in [-0.15, -0.1) is 0 Å².